The van der Waals surface area contributed by atoms with E-state index in [2.05, 4.69) is 29.1 Å². The Balaban J connectivity index is 1.83. The summed E-state index contributed by atoms with van der Waals surface area (Å²) in [6, 6.07) is 5.66. The molecule has 0 fully saturated rings. The molecule has 126 valence electrons. The topological polar surface area (TPSA) is 73.3 Å². The molecule has 6 heteroatoms. The molecule has 0 saturated carbocycles. The summed E-state index contributed by atoms with van der Waals surface area (Å²) in [6.45, 7) is 5.41. The Morgan fingerprint density at radius 3 is 2.67 bits per heavy atom. The van der Waals surface area contributed by atoms with Crippen LogP contribution in [0, 0.1) is 5.92 Å². The molecule has 2 aromatic rings. The van der Waals surface area contributed by atoms with Gasteiger partial charge in [0.15, 0.2) is 11.5 Å². The van der Waals surface area contributed by atoms with Crippen molar-refractivity contribution in [1.82, 2.24) is 15.3 Å². The van der Waals surface area contributed by atoms with Crippen LogP contribution in [-0.4, -0.2) is 29.1 Å². The maximum absolute atomic E-state index is 12.4. The van der Waals surface area contributed by atoms with E-state index < -0.39 is 0 Å². The van der Waals surface area contributed by atoms with Crippen molar-refractivity contribution in [1.29, 1.82) is 0 Å². The van der Waals surface area contributed by atoms with Crippen molar-refractivity contribution < 1.29 is 14.3 Å². The minimum atomic E-state index is -0.242. The maximum atomic E-state index is 12.4. The average molecular weight is 327 g/mol. The highest BCUT2D eigenvalue weighted by Gasteiger charge is 2.22. The molecule has 2 heterocycles. The lowest BCUT2D eigenvalue weighted by molar-refractivity contribution is 0.0920. The molecule has 0 spiro atoms. The zero-order chi connectivity index (χ0) is 16.9. The Morgan fingerprint density at radius 2 is 1.96 bits per heavy atom. The number of nitrogens with zero attached hydrogens (tertiary/aromatic N) is 2. The molecule has 1 amide bonds. The summed E-state index contributed by atoms with van der Waals surface area (Å²) in [4.78, 5) is 20.4. The van der Waals surface area contributed by atoms with E-state index in [1.54, 1.807) is 6.20 Å². The number of aromatic nitrogens is 2. The third-order valence-corrected chi connectivity index (χ3v) is 3.88. The van der Waals surface area contributed by atoms with Crippen LogP contribution >= 0.6 is 0 Å². The highest BCUT2D eigenvalue weighted by molar-refractivity contribution is 5.92. The second-order valence-electron chi connectivity index (χ2n) is 6.04. The number of carbonyl (C=O) groups is 1. The number of fused-ring (bicyclic) bond motifs is 1. The molecule has 6 nitrogen and oxygen atoms in total. The van der Waals surface area contributed by atoms with Crippen molar-refractivity contribution in [2.45, 2.75) is 26.3 Å². The largest absolute Gasteiger partial charge is 0.490 e. The molecular formula is C18H21N3O3. The second-order valence-corrected chi connectivity index (χ2v) is 6.04. The van der Waals surface area contributed by atoms with Crippen molar-refractivity contribution in [3.8, 4) is 11.5 Å². The molecule has 1 N–H and O–H groups in total. The smallest absolute Gasteiger partial charge is 0.271 e. The number of ether oxygens (including phenoxy) is 2. The van der Waals surface area contributed by atoms with Gasteiger partial charge in [-0.1, -0.05) is 19.9 Å². The lowest BCUT2D eigenvalue weighted by atomic mass is 9.95. The number of rotatable bonds is 4. The monoisotopic (exact) mass is 327 g/mol. The summed E-state index contributed by atoms with van der Waals surface area (Å²) >= 11 is 0. The Hall–Kier alpha value is -2.63. The van der Waals surface area contributed by atoms with Crippen LogP contribution in [0.1, 0.15) is 42.4 Å². The highest BCUT2D eigenvalue weighted by Crippen LogP contribution is 2.34. The first-order valence-electron chi connectivity index (χ1n) is 8.11. The maximum Gasteiger partial charge on any atom is 0.271 e. The minimum Gasteiger partial charge on any atom is -0.490 e. The van der Waals surface area contributed by atoms with Crippen molar-refractivity contribution in [2.75, 3.05) is 13.2 Å². The van der Waals surface area contributed by atoms with Crippen LogP contribution in [0.15, 0.2) is 36.8 Å². The molecule has 1 aromatic carbocycles. The van der Waals surface area contributed by atoms with Gasteiger partial charge in [0.2, 0.25) is 0 Å². The van der Waals surface area contributed by atoms with Gasteiger partial charge >= 0.3 is 0 Å². The molecule has 1 aliphatic heterocycles. The first kappa shape index (κ1) is 16.2. The van der Waals surface area contributed by atoms with Crippen LogP contribution in [0.5, 0.6) is 11.5 Å². The fraction of sp³-hybridized carbons (Fsp3) is 0.389. The van der Waals surface area contributed by atoms with E-state index in [0.29, 0.717) is 18.9 Å². The van der Waals surface area contributed by atoms with Gasteiger partial charge in [-0.3, -0.25) is 9.78 Å². The van der Waals surface area contributed by atoms with Gasteiger partial charge in [0.25, 0.3) is 5.91 Å². The standard InChI is InChI=1S/C18H21N3O3/c1-12(2)17(21-18(22)14-11-19-6-7-20-14)13-4-5-15-16(10-13)24-9-3-8-23-15/h4-7,10-12,17H,3,8-9H2,1-2H3,(H,21,22). The third-order valence-electron chi connectivity index (χ3n) is 3.88. The molecule has 1 unspecified atom stereocenters. The number of hydrogen-bond acceptors (Lipinski definition) is 5. The number of amides is 1. The van der Waals surface area contributed by atoms with Crippen LogP contribution in [-0.2, 0) is 0 Å². The Labute approximate surface area is 141 Å². The van der Waals surface area contributed by atoms with E-state index in [9.17, 15) is 4.79 Å². The average Bonchev–Trinajstić information content (AvgIpc) is 2.84. The molecule has 0 saturated heterocycles. The van der Waals surface area contributed by atoms with Gasteiger partial charge in [-0.05, 0) is 23.6 Å². The summed E-state index contributed by atoms with van der Waals surface area (Å²) in [6.07, 6.45) is 5.37. The first-order valence-corrected chi connectivity index (χ1v) is 8.11. The summed E-state index contributed by atoms with van der Waals surface area (Å²) in [5.41, 5.74) is 1.28. The van der Waals surface area contributed by atoms with Crippen molar-refractivity contribution >= 4 is 5.91 Å². The summed E-state index contributed by atoms with van der Waals surface area (Å²) < 4.78 is 11.4. The third kappa shape index (κ3) is 3.64. The van der Waals surface area contributed by atoms with Crippen LogP contribution in [0.3, 0.4) is 0 Å². The van der Waals surface area contributed by atoms with Crippen LogP contribution in [0.4, 0.5) is 0 Å². The van der Waals surface area contributed by atoms with Gasteiger partial charge in [-0.2, -0.15) is 0 Å². The van der Waals surface area contributed by atoms with E-state index in [4.69, 9.17) is 9.47 Å². The molecule has 1 aromatic heterocycles. The first-order chi connectivity index (χ1) is 11.6. The van der Waals surface area contributed by atoms with Gasteiger partial charge in [-0.15, -0.1) is 0 Å². The molecule has 0 aliphatic carbocycles. The van der Waals surface area contributed by atoms with Crippen molar-refractivity contribution in [2.24, 2.45) is 5.92 Å². The second kappa shape index (κ2) is 7.29. The van der Waals surface area contributed by atoms with E-state index in [-0.39, 0.29) is 17.9 Å². The molecule has 24 heavy (non-hydrogen) atoms. The number of benzene rings is 1. The Morgan fingerprint density at radius 1 is 1.17 bits per heavy atom. The zero-order valence-corrected chi connectivity index (χ0v) is 13.9. The quantitative estimate of drug-likeness (QED) is 0.935. The van der Waals surface area contributed by atoms with Crippen LogP contribution < -0.4 is 14.8 Å². The number of carbonyl (C=O) groups excluding carboxylic acids is 1. The normalized spacial score (nSPS) is 14.8. The highest BCUT2D eigenvalue weighted by atomic mass is 16.5. The van der Waals surface area contributed by atoms with Crippen LogP contribution in [0.25, 0.3) is 0 Å². The predicted octanol–water partition coefficient (Wildman–Crippen LogP) is 2.77. The summed E-state index contributed by atoms with van der Waals surface area (Å²) in [5, 5.41) is 3.03. The lowest BCUT2D eigenvalue weighted by Crippen LogP contribution is -2.32. The molecular weight excluding hydrogens is 306 g/mol. The van der Waals surface area contributed by atoms with Crippen molar-refractivity contribution in [3.05, 3.63) is 48.0 Å². The van der Waals surface area contributed by atoms with Gasteiger partial charge in [0.05, 0.1) is 25.5 Å². The predicted molar refractivity (Wildman–Crippen MR) is 89.1 cm³/mol. The molecule has 0 bridgehead atoms. The molecule has 1 atom stereocenters. The fourth-order valence-electron chi connectivity index (χ4n) is 2.64. The molecule has 3 rings (SSSR count). The van der Waals surface area contributed by atoms with E-state index >= 15 is 0 Å². The Bertz CT molecular complexity index is 704. The van der Waals surface area contributed by atoms with Gasteiger partial charge in [0, 0.05) is 18.8 Å². The number of hydrogen-bond donors (Lipinski definition) is 1. The Kier molecular flexibility index (Phi) is 4.93. The number of nitrogens with one attached hydrogen (secondary N) is 1. The summed E-state index contributed by atoms with van der Waals surface area (Å²) in [5.74, 6) is 1.44. The molecule has 0 radical (unpaired) electrons. The lowest BCUT2D eigenvalue weighted by Gasteiger charge is -2.23. The SMILES string of the molecule is CC(C)C(NC(=O)c1cnccn1)c1ccc2c(c1)OCCCO2. The van der Waals surface area contributed by atoms with E-state index in [0.717, 1.165) is 23.5 Å². The van der Waals surface area contributed by atoms with Crippen LogP contribution in [0.2, 0.25) is 0 Å². The van der Waals surface area contributed by atoms with E-state index in [1.807, 2.05) is 18.2 Å². The van der Waals surface area contributed by atoms with Crippen molar-refractivity contribution in [3.63, 3.8) is 0 Å². The van der Waals surface area contributed by atoms with Gasteiger partial charge in [0.1, 0.15) is 5.69 Å². The zero-order valence-electron chi connectivity index (χ0n) is 13.9. The van der Waals surface area contributed by atoms with E-state index in [1.165, 1.54) is 12.4 Å². The summed E-state index contributed by atoms with van der Waals surface area (Å²) in [7, 11) is 0. The molecule has 1 aliphatic rings. The minimum absolute atomic E-state index is 0.156. The van der Waals surface area contributed by atoms with Gasteiger partial charge in [-0.25, -0.2) is 4.98 Å². The van der Waals surface area contributed by atoms with Gasteiger partial charge < -0.3 is 14.8 Å². The fourth-order valence-corrected chi connectivity index (χ4v) is 2.64.